The molecule has 1 aromatic rings. The van der Waals surface area contributed by atoms with Crippen LogP contribution in [0.25, 0.3) is 0 Å². The monoisotopic (exact) mass is 331 g/mol. The van der Waals surface area contributed by atoms with Crippen LogP contribution < -0.4 is 9.64 Å². The second kappa shape index (κ2) is 6.16. The minimum absolute atomic E-state index is 0.359. The molecule has 1 fully saturated rings. The smallest absolute Gasteiger partial charge is 0.336 e. The van der Waals surface area contributed by atoms with Crippen molar-refractivity contribution < 1.29 is 19.0 Å². The maximum Gasteiger partial charge on any atom is 0.336 e. The van der Waals surface area contributed by atoms with Gasteiger partial charge in [-0.05, 0) is 15.9 Å². The third-order valence-electron chi connectivity index (χ3n) is 2.71. The molecule has 0 aromatic carbocycles. The van der Waals surface area contributed by atoms with Crippen molar-refractivity contribution in [2.45, 2.75) is 6.10 Å². The molecule has 1 aliphatic heterocycles. The van der Waals surface area contributed by atoms with Gasteiger partial charge in [0, 0.05) is 6.54 Å². The molecular formula is C11H14BrN3O4. The number of carbonyl (C=O) groups excluding carboxylic acids is 1. The Kier molecular flexibility index (Phi) is 4.54. The Morgan fingerprint density at radius 2 is 2.37 bits per heavy atom. The van der Waals surface area contributed by atoms with Crippen LogP contribution in [0.4, 0.5) is 5.95 Å². The molecule has 1 atom stereocenters. The first-order valence-electron chi connectivity index (χ1n) is 5.66. The van der Waals surface area contributed by atoms with Gasteiger partial charge in [0.15, 0.2) is 6.10 Å². The van der Waals surface area contributed by atoms with Crippen molar-refractivity contribution in [3.8, 4) is 5.88 Å². The van der Waals surface area contributed by atoms with Crippen LogP contribution >= 0.6 is 15.9 Å². The number of ether oxygens (including phenoxy) is 3. The number of anilines is 1. The van der Waals surface area contributed by atoms with Crippen molar-refractivity contribution in [2.24, 2.45) is 0 Å². The van der Waals surface area contributed by atoms with Gasteiger partial charge in [-0.15, -0.1) is 0 Å². The first-order valence-corrected chi connectivity index (χ1v) is 6.46. The molecule has 0 saturated carbocycles. The summed E-state index contributed by atoms with van der Waals surface area (Å²) in [5.41, 5.74) is 0. The van der Waals surface area contributed by atoms with Crippen LogP contribution in [-0.4, -0.2) is 56.0 Å². The number of morpholine rings is 1. The fraction of sp³-hybridized carbons (Fsp3) is 0.545. The highest BCUT2D eigenvalue weighted by Gasteiger charge is 2.29. The number of halogens is 1. The summed E-state index contributed by atoms with van der Waals surface area (Å²) in [6, 6.07) is 0. The topological polar surface area (TPSA) is 73.8 Å². The maximum atomic E-state index is 11.5. The lowest BCUT2D eigenvalue weighted by Crippen LogP contribution is -2.47. The quantitative estimate of drug-likeness (QED) is 0.752. The van der Waals surface area contributed by atoms with E-state index in [1.165, 1.54) is 14.2 Å². The van der Waals surface area contributed by atoms with Gasteiger partial charge < -0.3 is 19.1 Å². The number of hydrogen-bond acceptors (Lipinski definition) is 7. The lowest BCUT2D eigenvalue weighted by Gasteiger charge is -2.31. The molecule has 0 spiro atoms. The Balaban J connectivity index is 2.15. The molecule has 104 valence electrons. The normalized spacial score (nSPS) is 19.1. The molecule has 8 heteroatoms. The van der Waals surface area contributed by atoms with E-state index < -0.39 is 12.1 Å². The highest BCUT2D eigenvalue weighted by atomic mass is 79.9. The van der Waals surface area contributed by atoms with Gasteiger partial charge in [-0.1, -0.05) is 0 Å². The summed E-state index contributed by atoms with van der Waals surface area (Å²) in [6.07, 6.45) is 1.00. The van der Waals surface area contributed by atoms with Crippen LogP contribution in [0.5, 0.6) is 5.88 Å². The zero-order chi connectivity index (χ0) is 13.8. The van der Waals surface area contributed by atoms with Crippen molar-refractivity contribution >= 4 is 27.8 Å². The van der Waals surface area contributed by atoms with Crippen molar-refractivity contribution in [1.29, 1.82) is 0 Å². The molecular weight excluding hydrogens is 318 g/mol. The number of hydrogen-bond donors (Lipinski definition) is 0. The molecule has 19 heavy (non-hydrogen) atoms. The van der Waals surface area contributed by atoms with Crippen LogP contribution in [0.2, 0.25) is 0 Å². The van der Waals surface area contributed by atoms with E-state index in [0.29, 0.717) is 36.0 Å². The van der Waals surface area contributed by atoms with Gasteiger partial charge in [-0.2, -0.15) is 4.98 Å². The van der Waals surface area contributed by atoms with Gasteiger partial charge in [0.25, 0.3) is 0 Å². The molecule has 2 rings (SSSR count). The van der Waals surface area contributed by atoms with Crippen molar-refractivity contribution in [3.05, 3.63) is 10.7 Å². The molecule has 0 N–H and O–H groups in total. The Morgan fingerprint density at radius 1 is 1.58 bits per heavy atom. The van der Waals surface area contributed by atoms with Crippen molar-refractivity contribution in [2.75, 3.05) is 38.8 Å². The number of methoxy groups -OCH3 is 2. The second-order valence-electron chi connectivity index (χ2n) is 3.86. The molecule has 1 unspecified atom stereocenters. The van der Waals surface area contributed by atoms with Crippen LogP contribution in [-0.2, 0) is 14.3 Å². The Labute approximate surface area is 119 Å². The Bertz CT molecular complexity index is 471. The van der Waals surface area contributed by atoms with Gasteiger partial charge >= 0.3 is 5.97 Å². The number of nitrogens with zero attached hydrogens (tertiary/aromatic N) is 3. The highest BCUT2D eigenvalue weighted by Crippen LogP contribution is 2.24. The van der Waals surface area contributed by atoms with Gasteiger partial charge in [-0.3, -0.25) is 0 Å². The van der Waals surface area contributed by atoms with E-state index in [-0.39, 0.29) is 0 Å². The molecule has 1 aliphatic rings. The van der Waals surface area contributed by atoms with Gasteiger partial charge in [0.1, 0.15) is 0 Å². The average molecular weight is 332 g/mol. The number of esters is 1. The van der Waals surface area contributed by atoms with E-state index in [0.717, 1.165) is 0 Å². The summed E-state index contributed by atoms with van der Waals surface area (Å²) < 4.78 is 15.8. The van der Waals surface area contributed by atoms with E-state index >= 15 is 0 Å². The van der Waals surface area contributed by atoms with Gasteiger partial charge in [0.05, 0.1) is 38.0 Å². The molecule has 0 amide bonds. The number of rotatable bonds is 3. The molecule has 1 aromatic heterocycles. The molecule has 0 radical (unpaired) electrons. The third kappa shape index (κ3) is 3.13. The van der Waals surface area contributed by atoms with E-state index in [2.05, 4.69) is 30.6 Å². The van der Waals surface area contributed by atoms with Crippen LogP contribution in [0.1, 0.15) is 0 Å². The fourth-order valence-corrected chi connectivity index (χ4v) is 2.10. The number of aromatic nitrogens is 2. The zero-order valence-corrected chi connectivity index (χ0v) is 12.2. The number of carbonyl (C=O) groups is 1. The Morgan fingerprint density at radius 3 is 3.05 bits per heavy atom. The first kappa shape index (κ1) is 14.0. The summed E-state index contributed by atoms with van der Waals surface area (Å²) in [5.74, 6) is 0.553. The summed E-state index contributed by atoms with van der Waals surface area (Å²) in [4.78, 5) is 21.8. The molecule has 1 saturated heterocycles. The lowest BCUT2D eigenvalue weighted by atomic mass is 10.3. The summed E-state index contributed by atoms with van der Waals surface area (Å²) >= 11 is 3.29. The van der Waals surface area contributed by atoms with Crippen molar-refractivity contribution in [3.63, 3.8) is 0 Å². The van der Waals surface area contributed by atoms with Gasteiger partial charge in [0.2, 0.25) is 11.8 Å². The summed E-state index contributed by atoms with van der Waals surface area (Å²) in [6.45, 7) is 1.39. The predicted octanol–water partition coefficient (Wildman–Crippen LogP) is 0.626. The SMILES string of the molecule is COC(=O)C1CN(c2ncc(Br)c(OC)n2)CCO1. The summed E-state index contributed by atoms with van der Waals surface area (Å²) in [7, 11) is 2.87. The molecule has 0 aliphatic carbocycles. The highest BCUT2D eigenvalue weighted by molar-refractivity contribution is 9.10. The second-order valence-corrected chi connectivity index (χ2v) is 4.71. The maximum absolute atomic E-state index is 11.5. The van der Waals surface area contributed by atoms with E-state index in [1.54, 1.807) is 6.20 Å². The standard InChI is InChI=1S/C11H14BrN3O4/c1-17-9-7(12)5-13-11(14-9)15-3-4-19-8(6-15)10(16)18-2/h5,8H,3-4,6H2,1-2H3. The van der Waals surface area contributed by atoms with Crippen LogP contribution in [0.3, 0.4) is 0 Å². The van der Waals surface area contributed by atoms with E-state index in [9.17, 15) is 4.79 Å². The average Bonchev–Trinajstić information content (AvgIpc) is 2.47. The zero-order valence-electron chi connectivity index (χ0n) is 10.6. The summed E-state index contributed by atoms with van der Waals surface area (Å²) in [5, 5.41) is 0. The Hall–Kier alpha value is -1.41. The fourth-order valence-electron chi connectivity index (χ4n) is 1.74. The molecule has 0 bridgehead atoms. The van der Waals surface area contributed by atoms with Crippen LogP contribution in [0, 0.1) is 0 Å². The molecule has 7 nitrogen and oxygen atoms in total. The van der Waals surface area contributed by atoms with Crippen LogP contribution in [0.15, 0.2) is 10.7 Å². The van der Waals surface area contributed by atoms with E-state index in [4.69, 9.17) is 9.47 Å². The largest absolute Gasteiger partial charge is 0.480 e. The minimum Gasteiger partial charge on any atom is -0.480 e. The van der Waals surface area contributed by atoms with Gasteiger partial charge in [-0.25, -0.2) is 9.78 Å². The first-order chi connectivity index (χ1) is 9.15. The predicted molar refractivity (Wildman–Crippen MR) is 70.3 cm³/mol. The van der Waals surface area contributed by atoms with E-state index in [1.807, 2.05) is 4.90 Å². The third-order valence-corrected chi connectivity index (χ3v) is 3.25. The minimum atomic E-state index is -0.614. The lowest BCUT2D eigenvalue weighted by molar-refractivity contribution is -0.154. The van der Waals surface area contributed by atoms with Crippen molar-refractivity contribution in [1.82, 2.24) is 9.97 Å². The molecule has 2 heterocycles.